The summed E-state index contributed by atoms with van der Waals surface area (Å²) in [5.74, 6) is 0. The molecule has 0 fully saturated rings. The van der Waals surface area contributed by atoms with Gasteiger partial charge in [0.05, 0.1) is 0 Å². The molecule has 0 saturated carbocycles. The Morgan fingerprint density at radius 3 is 1.31 bits per heavy atom. The van der Waals surface area contributed by atoms with Crippen molar-refractivity contribution in [1.82, 2.24) is 0 Å². The van der Waals surface area contributed by atoms with Crippen molar-refractivity contribution in [2.45, 2.75) is 124 Å². The maximum atomic E-state index is 3.86. The van der Waals surface area contributed by atoms with Gasteiger partial charge >= 0.3 is 0 Å². The third-order valence-electron chi connectivity index (χ3n) is 8.90. The number of hydrogen-bond donors (Lipinski definition) is 0. The molecule has 0 amide bonds. The minimum Gasteiger partial charge on any atom is -0.0654 e. The molecular formula is C33H48Br2. The fourth-order valence-corrected chi connectivity index (χ4v) is 8.08. The van der Waals surface area contributed by atoms with Crippen molar-refractivity contribution in [2.75, 3.05) is 0 Å². The van der Waals surface area contributed by atoms with Gasteiger partial charge in [0.1, 0.15) is 0 Å². The van der Waals surface area contributed by atoms with Gasteiger partial charge in [-0.2, -0.15) is 0 Å². The van der Waals surface area contributed by atoms with Gasteiger partial charge in [0, 0.05) is 14.4 Å². The van der Waals surface area contributed by atoms with E-state index in [4.69, 9.17) is 0 Å². The Morgan fingerprint density at radius 2 is 0.943 bits per heavy atom. The number of rotatable bonds is 14. The summed E-state index contributed by atoms with van der Waals surface area (Å²) < 4.78 is 2.40. The van der Waals surface area contributed by atoms with Gasteiger partial charge < -0.3 is 0 Å². The number of hydrogen-bond acceptors (Lipinski definition) is 0. The first-order chi connectivity index (χ1) is 16.6. The monoisotopic (exact) mass is 602 g/mol. The predicted molar refractivity (Wildman–Crippen MR) is 162 cm³/mol. The molecule has 0 bridgehead atoms. The molecule has 2 aromatic rings. The largest absolute Gasteiger partial charge is 0.0654 e. The van der Waals surface area contributed by atoms with E-state index in [0.717, 1.165) is 0 Å². The summed E-state index contributed by atoms with van der Waals surface area (Å²) in [5.41, 5.74) is 6.19. The molecule has 0 saturated heterocycles. The Bertz CT molecular complexity index is 890. The molecule has 2 aromatic carbocycles. The van der Waals surface area contributed by atoms with E-state index in [2.05, 4.69) is 110 Å². The summed E-state index contributed by atoms with van der Waals surface area (Å²) in [4.78, 5) is 0. The van der Waals surface area contributed by atoms with E-state index in [1.165, 1.54) is 108 Å². The van der Waals surface area contributed by atoms with Crippen LogP contribution in [-0.2, 0) is 5.41 Å². The quantitative estimate of drug-likeness (QED) is 0.188. The zero-order chi connectivity index (χ0) is 25.7. The SMILES string of the molecule is CCCCCCCC(C)(C)C1(C(C)(C)CCCCCCC)c2cc(Br)ccc2-c2ccc(Br)cc21. The van der Waals surface area contributed by atoms with Crippen molar-refractivity contribution in [3.05, 3.63) is 56.5 Å². The molecule has 1 aliphatic carbocycles. The fraction of sp³-hybridized carbons (Fsp3) is 0.636. The van der Waals surface area contributed by atoms with Crippen LogP contribution < -0.4 is 0 Å². The first kappa shape index (κ1) is 29.0. The Labute approximate surface area is 233 Å². The lowest BCUT2D eigenvalue weighted by molar-refractivity contribution is 0.0465. The molecular weight excluding hydrogens is 556 g/mol. The summed E-state index contributed by atoms with van der Waals surface area (Å²) in [6, 6.07) is 14.1. The van der Waals surface area contributed by atoms with Crippen LogP contribution in [-0.4, -0.2) is 0 Å². The van der Waals surface area contributed by atoms with Crippen LogP contribution in [0.2, 0.25) is 0 Å². The second kappa shape index (κ2) is 12.3. The molecule has 0 heterocycles. The molecule has 194 valence electrons. The summed E-state index contributed by atoms with van der Waals surface area (Å²) in [6.07, 6.45) is 15.9. The third kappa shape index (κ3) is 5.79. The van der Waals surface area contributed by atoms with Crippen LogP contribution in [0.3, 0.4) is 0 Å². The summed E-state index contributed by atoms with van der Waals surface area (Å²) >= 11 is 7.72. The Morgan fingerprint density at radius 1 is 0.571 bits per heavy atom. The molecule has 0 nitrogen and oxygen atoms in total. The predicted octanol–water partition coefficient (Wildman–Crippen LogP) is 12.3. The van der Waals surface area contributed by atoms with E-state index in [-0.39, 0.29) is 16.2 Å². The Hall–Kier alpha value is -0.600. The maximum Gasteiger partial charge on any atom is 0.0317 e. The minimum atomic E-state index is -0.0340. The number of unbranched alkanes of at least 4 members (excludes halogenated alkanes) is 8. The average Bonchev–Trinajstić information content (AvgIpc) is 3.09. The smallest absolute Gasteiger partial charge is 0.0317 e. The van der Waals surface area contributed by atoms with E-state index in [1.54, 1.807) is 0 Å². The van der Waals surface area contributed by atoms with Gasteiger partial charge in [0.2, 0.25) is 0 Å². The van der Waals surface area contributed by atoms with E-state index >= 15 is 0 Å². The van der Waals surface area contributed by atoms with Crippen molar-refractivity contribution < 1.29 is 0 Å². The number of halogens is 2. The van der Waals surface area contributed by atoms with Crippen LogP contribution in [0.1, 0.15) is 130 Å². The number of benzene rings is 2. The van der Waals surface area contributed by atoms with Crippen molar-refractivity contribution >= 4 is 31.9 Å². The van der Waals surface area contributed by atoms with E-state index in [0.29, 0.717) is 0 Å². The lowest BCUT2D eigenvalue weighted by atomic mass is 9.47. The van der Waals surface area contributed by atoms with Crippen molar-refractivity contribution in [2.24, 2.45) is 10.8 Å². The van der Waals surface area contributed by atoms with Gasteiger partial charge in [-0.3, -0.25) is 0 Å². The molecule has 0 aliphatic heterocycles. The Balaban J connectivity index is 2.13. The second-order valence-electron chi connectivity index (χ2n) is 12.2. The van der Waals surface area contributed by atoms with E-state index < -0.39 is 0 Å². The summed E-state index contributed by atoms with van der Waals surface area (Å²) in [5, 5.41) is 0. The van der Waals surface area contributed by atoms with Crippen LogP contribution in [0.5, 0.6) is 0 Å². The molecule has 0 unspecified atom stereocenters. The van der Waals surface area contributed by atoms with Crippen LogP contribution >= 0.6 is 31.9 Å². The normalized spacial score (nSPS) is 14.7. The van der Waals surface area contributed by atoms with Gasteiger partial charge in [0.15, 0.2) is 0 Å². The molecule has 1 aliphatic rings. The van der Waals surface area contributed by atoms with Crippen molar-refractivity contribution in [1.29, 1.82) is 0 Å². The zero-order valence-electron chi connectivity index (χ0n) is 23.2. The highest BCUT2D eigenvalue weighted by atomic mass is 79.9. The van der Waals surface area contributed by atoms with Crippen LogP contribution in [0.25, 0.3) is 11.1 Å². The number of fused-ring (bicyclic) bond motifs is 3. The highest BCUT2D eigenvalue weighted by Gasteiger charge is 2.60. The van der Waals surface area contributed by atoms with Gasteiger partial charge in [-0.15, -0.1) is 0 Å². The summed E-state index contributed by atoms with van der Waals surface area (Å²) in [6.45, 7) is 14.9. The lowest BCUT2D eigenvalue weighted by Crippen LogP contribution is -2.52. The maximum absolute atomic E-state index is 3.86. The van der Waals surface area contributed by atoms with Crippen LogP contribution in [0, 0.1) is 10.8 Å². The molecule has 0 radical (unpaired) electrons. The molecule has 0 N–H and O–H groups in total. The fourth-order valence-electron chi connectivity index (χ4n) is 7.36. The summed E-state index contributed by atoms with van der Waals surface area (Å²) in [7, 11) is 0. The molecule has 35 heavy (non-hydrogen) atoms. The molecule has 3 rings (SSSR count). The van der Waals surface area contributed by atoms with Gasteiger partial charge in [-0.05, 0) is 70.2 Å². The minimum absolute atomic E-state index is 0.0340. The molecule has 2 heteroatoms. The Kier molecular flexibility index (Phi) is 10.2. The van der Waals surface area contributed by atoms with E-state index in [9.17, 15) is 0 Å². The van der Waals surface area contributed by atoms with Gasteiger partial charge in [-0.1, -0.05) is 150 Å². The van der Waals surface area contributed by atoms with Crippen LogP contribution in [0.4, 0.5) is 0 Å². The van der Waals surface area contributed by atoms with Crippen LogP contribution in [0.15, 0.2) is 45.3 Å². The average molecular weight is 605 g/mol. The molecule has 0 spiro atoms. The lowest BCUT2D eigenvalue weighted by Gasteiger charge is -2.56. The first-order valence-electron chi connectivity index (χ1n) is 14.2. The first-order valence-corrected chi connectivity index (χ1v) is 15.8. The van der Waals surface area contributed by atoms with E-state index in [1.807, 2.05) is 0 Å². The van der Waals surface area contributed by atoms with Crippen molar-refractivity contribution in [3.63, 3.8) is 0 Å². The third-order valence-corrected chi connectivity index (χ3v) is 9.89. The molecule has 0 aromatic heterocycles. The standard InChI is InChI=1S/C33H48Br2/c1-7-9-11-13-15-21-31(3,4)33(32(5,6)22-16-14-12-10-8-2)29-23-25(34)17-19-27(29)28-20-18-26(35)24-30(28)33/h17-20,23-24H,7-16,21-22H2,1-6H3. The zero-order valence-corrected chi connectivity index (χ0v) is 26.4. The van der Waals surface area contributed by atoms with Crippen molar-refractivity contribution in [3.8, 4) is 11.1 Å². The highest BCUT2D eigenvalue weighted by molar-refractivity contribution is 9.10. The molecule has 0 atom stereocenters. The second-order valence-corrected chi connectivity index (χ2v) is 14.1. The van der Waals surface area contributed by atoms with Gasteiger partial charge in [0.25, 0.3) is 0 Å². The topological polar surface area (TPSA) is 0 Å². The highest BCUT2D eigenvalue weighted by Crippen LogP contribution is 2.67. The van der Waals surface area contributed by atoms with Gasteiger partial charge in [-0.25, -0.2) is 0 Å².